The lowest BCUT2D eigenvalue weighted by Gasteiger charge is -2.14. The SMILES string of the molecule is CCc1ccc(-n2c(SCC(=O)Nc3ccc([N+](=O)[O-])cc3Cl)nc3ccccc3c2=O)cc1. The maximum atomic E-state index is 13.3. The minimum Gasteiger partial charge on any atom is -0.324 e. The highest BCUT2D eigenvalue weighted by Gasteiger charge is 2.16. The van der Waals surface area contributed by atoms with Crippen LogP contribution in [0.2, 0.25) is 5.02 Å². The smallest absolute Gasteiger partial charge is 0.271 e. The molecule has 4 aromatic rings. The van der Waals surface area contributed by atoms with E-state index in [2.05, 4.69) is 17.2 Å². The monoisotopic (exact) mass is 494 g/mol. The number of fused-ring (bicyclic) bond motifs is 1. The Morgan fingerprint density at radius 2 is 1.88 bits per heavy atom. The maximum absolute atomic E-state index is 13.3. The fourth-order valence-corrected chi connectivity index (χ4v) is 4.39. The van der Waals surface area contributed by atoms with E-state index < -0.39 is 10.8 Å². The third-order valence-electron chi connectivity index (χ3n) is 5.12. The van der Waals surface area contributed by atoms with E-state index in [1.807, 2.05) is 24.3 Å². The summed E-state index contributed by atoms with van der Waals surface area (Å²) < 4.78 is 1.50. The summed E-state index contributed by atoms with van der Waals surface area (Å²) in [6.07, 6.45) is 0.873. The highest BCUT2D eigenvalue weighted by atomic mass is 35.5. The van der Waals surface area contributed by atoms with E-state index in [9.17, 15) is 19.7 Å². The van der Waals surface area contributed by atoms with Crippen molar-refractivity contribution in [1.29, 1.82) is 0 Å². The molecule has 0 fully saturated rings. The number of anilines is 1. The molecule has 0 unspecified atom stereocenters. The Balaban J connectivity index is 1.62. The largest absolute Gasteiger partial charge is 0.324 e. The predicted molar refractivity (Wildman–Crippen MR) is 134 cm³/mol. The minimum absolute atomic E-state index is 0.0505. The first-order chi connectivity index (χ1) is 16.4. The molecular formula is C24H19ClN4O4S. The number of amides is 1. The Morgan fingerprint density at radius 1 is 1.15 bits per heavy atom. The number of benzene rings is 3. The first-order valence-electron chi connectivity index (χ1n) is 10.3. The van der Waals surface area contributed by atoms with Crippen molar-refractivity contribution in [3.8, 4) is 5.69 Å². The van der Waals surface area contributed by atoms with Gasteiger partial charge in [0.2, 0.25) is 5.91 Å². The van der Waals surface area contributed by atoms with Crippen molar-refractivity contribution in [3.05, 3.63) is 97.8 Å². The molecule has 0 radical (unpaired) electrons. The molecule has 10 heteroatoms. The van der Waals surface area contributed by atoms with Crippen LogP contribution >= 0.6 is 23.4 Å². The number of nitrogens with zero attached hydrogens (tertiary/aromatic N) is 3. The van der Waals surface area contributed by atoms with Gasteiger partial charge in [-0.3, -0.25) is 24.3 Å². The van der Waals surface area contributed by atoms with Crippen LogP contribution in [0.5, 0.6) is 0 Å². The summed E-state index contributed by atoms with van der Waals surface area (Å²) in [4.78, 5) is 40.8. The van der Waals surface area contributed by atoms with Crippen molar-refractivity contribution >= 4 is 51.5 Å². The Bertz CT molecular complexity index is 1450. The number of nitro groups is 1. The van der Waals surface area contributed by atoms with Crippen LogP contribution in [0.25, 0.3) is 16.6 Å². The fourth-order valence-electron chi connectivity index (χ4n) is 3.35. The Hall–Kier alpha value is -3.69. The fraction of sp³-hybridized carbons (Fsp3) is 0.125. The van der Waals surface area contributed by atoms with Gasteiger partial charge in [-0.05, 0) is 42.3 Å². The summed E-state index contributed by atoms with van der Waals surface area (Å²) in [6, 6.07) is 18.5. The van der Waals surface area contributed by atoms with Crippen LogP contribution in [0.4, 0.5) is 11.4 Å². The zero-order chi connectivity index (χ0) is 24.2. The summed E-state index contributed by atoms with van der Waals surface area (Å²) >= 11 is 7.18. The summed E-state index contributed by atoms with van der Waals surface area (Å²) in [5, 5.41) is 14.4. The first-order valence-corrected chi connectivity index (χ1v) is 11.7. The van der Waals surface area contributed by atoms with Crippen molar-refractivity contribution in [2.75, 3.05) is 11.1 Å². The van der Waals surface area contributed by atoms with Gasteiger partial charge in [-0.25, -0.2) is 4.98 Å². The van der Waals surface area contributed by atoms with E-state index in [1.165, 1.54) is 22.8 Å². The number of thioether (sulfide) groups is 1. The normalized spacial score (nSPS) is 10.9. The number of non-ortho nitro benzene ring substituents is 1. The number of hydrogen-bond donors (Lipinski definition) is 1. The Morgan fingerprint density at radius 3 is 2.56 bits per heavy atom. The van der Waals surface area contributed by atoms with Crippen molar-refractivity contribution < 1.29 is 9.72 Å². The third kappa shape index (κ3) is 4.95. The van der Waals surface area contributed by atoms with E-state index in [0.717, 1.165) is 23.7 Å². The molecule has 0 bridgehead atoms. The molecule has 34 heavy (non-hydrogen) atoms. The van der Waals surface area contributed by atoms with Crippen LogP contribution in [0.15, 0.2) is 76.7 Å². The highest BCUT2D eigenvalue weighted by Crippen LogP contribution is 2.27. The summed E-state index contributed by atoms with van der Waals surface area (Å²) in [7, 11) is 0. The van der Waals surface area contributed by atoms with Gasteiger partial charge in [0.15, 0.2) is 5.16 Å². The zero-order valence-electron chi connectivity index (χ0n) is 18.0. The van der Waals surface area contributed by atoms with Crippen LogP contribution in [-0.4, -0.2) is 26.1 Å². The number of aryl methyl sites for hydroxylation is 1. The molecule has 0 saturated heterocycles. The standard InChI is InChI=1S/C24H19ClN4O4S/c1-2-15-7-9-16(10-8-15)28-23(31)18-5-3-4-6-20(18)27-24(28)34-14-22(30)26-21-12-11-17(29(32)33)13-19(21)25/h3-13H,2,14H2,1H3,(H,26,30). The van der Waals surface area contributed by atoms with Gasteiger partial charge in [-0.15, -0.1) is 0 Å². The predicted octanol–water partition coefficient (Wildman–Crippen LogP) is 5.24. The molecule has 0 saturated carbocycles. The summed E-state index contributed by atoms with van der Waals surface area (Å²) in [6.45, 7) is 2.05. The van der Waals surface area contributed by atoms with Crippen LogP contribution in [0.3, 0.4) is 0 Å². The lowest BCUT2D eigenvalue weighted by Crippen LogP contribution is -2.23. The number of aromatic nitrogens is 2. The molecule has 8 nitrogen and oxygen atoms in total. The molecule has 1 heterocycles. The zero-order valence-corrected chi connectivity index (χ0v) is 19.6. The number of nitro benzene ring substituents is 1. The Kier molecular flexibility index (Phi) is 6.95. The van der Waals surface area contributed by atoms with Gasteiger partial charge < -0.3 is 5.32 Å². The number of carbonyl (C=O) groups excluding carboxylic acids is 1. The van der Waals surface area contributed by atoms with Crippen LogP contribution < -0.4 is 10.9 Å². The number of rotatable bonds is 7. The second kappa shape index (κ2) is 10.1. The second-order valence-electron chi connectivity index (χ2n) is 7.33. The second-order valence-corrected chi connectivity index (χ2v) is 8.68. The number of halogens is 1. The molecule has 0 aliphatic rings. The molecule has 1 N–H and O–H groups in total. The van der Waals surface area contributed by atoms with E-state index >= 15 is 0 Å². The van der Waals surface area contributed by atoms with Gasteiger partial charge in [0.05, 0.1) is 38.0 Å². The topological polar surface area (TPSA) is 107 Å². The van der Waals surface area contributed by atoms with Crippen molar-refractivity contribution in [3.63, 3.8) is 0 Å². The lowest BCUT2D eigenvalue weighted by molar-refractivity contribution is -0.384. The van der Waals surface area contributed by atoms with E-state index in [-0.39, 0.29) is 27.7 Å². The van der Waals surface area contributed by atoms with Crippen LogP contribution in [0, 0.1) is 10.1 Å². The van der Waals surface area contributed by atoms with Gasteiger partial charge in [-0.1, -0.05) is 54.6 Å². The number of carbonyl (C=O) groups is 1. The van der Waals surface area contributed by atoms with Crippen molar-refractivity contribution in [2.24, 2.45) is 0 Å². The van der Waals surface area contributed by atoms with Gasteiger partial charge in [0.25, 0.3) is 11.2 Å². The van der Waals surface area contributed by atoms with Crippen molar-refractivity contribution in [2.45, 2.75) is 18.5 Å². The van der Waals surface area contributed by atoms with E-state index in [4.69, 9.17) is 11.6 Å². The summed E-state index contributed by atoms with van der Waals surface area (Å²) in [5.74, 6) is -0.443. The maximum Gasteiger partial charge on any atom is 0.271 e. The molecule has 0 aliphatic carbocycles. The van der Waals surface area contributed by atoms with Gasteiger partial charge in [0, 0.05) is 12.1 Å². The number of nitrogens with one attached hydrogen (secondary N) is 1. The lowest BCUT2D eigenvalue weighted by atomic mass is 10.1. The number of hydrogen-bond acceptors (Lipinski definition) is 6. The van der Waals surface area contributed by atoms with Crippen LogP contribution in [0.1, 0.15) is 12.5 Å². The molecule has 0 spiro atoms. The first kappa shape index (κ1) is 23.5. The van der Waals surface area contributed by atoms with Gasteiger partial charge in [0.1, 0.15) is 0 Å². The minimum atomic E-state index is -0.564. The quantitative estimate of drug-likeness (QED) is 0.163. The molecule has 172 valence electrons. The molecule has 0 atom stereocenters. The molecule has 3 aromatic carbocycles. The number of para-hydroxylation sites is 1. The molecule has 0 aliphatic heterocycles. The van der Waals surface area contributed by atoms with Crippen LogP contribution in [-0.2, 0) is 11.2 Å². The highest BCUT2D eigenvalue weighted by molar-refractivity contribution is 7.99. The van der Waals surface area contributed by atoms with Gasteiger partial charge in [-0.2, -0.15) is 0 Å². The average Bonchev–Trinajstić information content (AvgIpc) is 2.84. The molecule has 1 aromatic heterocycles. The third-order valence-corrected chi connectivity index (χ3v) is 6.37. The molecule has 1 amide bonds. The summed E-state index contributed by atoms with van der Waals surface area (Å²) in [5.41, 5.74) is 2.19. The average molecular weight is 495 g/mol. The van der Waals surface area contributed by atoms with Gasteiger partial charge >= 0.3 is 0 Å². The van der Waals surface area contributed by atoms with Crippen molar-refractivity contribution in [1.82, 2.24) is 9.55 Å². The van der Waals surface area contributed by atoms with E-state index in [0.29, 0.717) is 21.7 Å². The molecular weight excluding hydrogens is 476 g/mol. The Labute approximate surface area is 203 Å². The van der Waals surface area contributed by atoms with E-state index in [1.54, 1.807) is 24.3 Å². The molecule has 4 rings (SSSR count).